The second-order valence-electron chi connectivity index (χ2n) is 18.1. The molecule has 1 aliphatic carbocycles. The van der Waals surface area contributed by atoms with E-state index in [-0.39, 0.29) is 41.9 Å². The van der Waals surface area contributed by atoms with Crippen LogP contribution in [0, 0.1) is 5.92 Å². The van der Waals surface area contributed by atoms with Crippen LogP contribution < -0.4 is 26.1 Å². The van der Waals surface area contributed by atoms with Crippen molar-refractivity contribution < 1.29 is 32.3 Å². The molecule has 4 aliphatic heterocycles. The Balaban J connectivity index is 0.780. The molecule has 332 valence electrons. The van der Waals surface area contributed by atoms with Gasteiger partial charge in [-0.1, -0.05) is 12.1 Å². The van der Waals surface area contributed by atoms with Gasteiger partial charge in [-0.3, -0.25) is 33.5 Å². The number of imide groups is 1. The van der Waals surface area contributed by atoms with Gasteiger partial charge in [0.15, 0.2) is 0 Å². The van der Waals surface area contributed by atoms with Crippen LogP contribution in [0.5, 0.6) is 0 Å². The standard InChI is InChI=1S/C45H51F3N10O5/c1-53(28-15-17-55(18-16-28)35-6-4-7-36-41(35)54(2)44(62)58(36)37-13-14-40(59)51-43(37)61)22-26-9-11-29(12-10-26)57-23-27-19-34(50-42(60)32-5-3-8-39(49-32)45(46,47)48)38(21-33(27)52-57)56-24-31-20-30(56)25-63-31/h3-8,19,21,23,26,28-31,37H,9-18,20,22,24-25H2,1-2H3,(H,50,60)(H,51,59,61)/t26?,29?,30-,31-,37?/m0/s1. The van der Waals surface area contributed by atoms with Crippen LogP contribution in [0.1, 0.15) is 86.1 Å². The monoisotopic (exact) mass is 868 g/mol. The summed E-state index contributed by atoms with van der Waals surface area (Å²) in [5.74, 6) is -0.913. The van der Waals surface area contributed by atoms with Crippen molar-refractivity contribution in [2.45, 2.75) is 94.2 Å². The highest BCUT2D eigenvalue weighted by Crippen LogP contribution is 2.41. The summed E-state index contributed by atoms with van der Waals surface area (Å²) >= 11 is 0. The highest BCUT2D eigenvalue weighted by molar-refractivity contribution is 6.06. The Labute approximate surface area is 361 Å². The second-order valence-corrected chi connectivity index (χ2v) is 18.1. The quantitative estimate of drug-likeness (QED) is 0.178. The van der Waals surface area contributed by atoms with E-state index in [1.54, 1.807) is 16.2 Å². The molecule has 5 fully saturated rings. The van der Waals surface area contributed by atoms with Gasteiger partial charge < -0.3 is 24.8 Å². The van der Waals surface area contributed by atoms with Crippen LogP contribution in [0.2, 0.25) is 0 Å². The van der Waals surface area contributed by atoms with Crippen LogP contribution in [-0.4, -0.2) is 105 Å². The molecule has 63 heavy (non-hydrogen) atoms. The van der Waals surface area contributed by atoms with Gasteiger partial charge in [0.1, 0.15) is 17.4 Å². The Bertz CT molecular complexity index is 2660. The van der Waals surface area contributed by atoms with Gasteiger partial charge in [-0.05, 0) is 101 Å². The molecule has 5 aromatic rings. The van der Waals surface area contributed by atoms with Gasteiger partial charge in [-0.2, -0.15) is 18.3 Å². The Kier molecular flexibility index (Phi) is 10.6. The van der Waals surface area contributed by atoms with Gasteiger partial charge in [0.05, 0.1) is 58.4 Å². The summed E-state index contributed by atoms with van der Waals surface area (Å²) in [6.07, 6.45) is 4.87. The number of aromatic nitrogens is 5. The number of alkyl halides is 3. The molecule has 1 unspecified atom stereocenters. The molecule has 2 N–H and O–H groups in total. The third-order valence-corrected chi connectivity index (χ3v) is 14.1. The number of rotatable bonds is 9. The third kappa shape index (κ3) is 7.74. The number of hydrogen-bond donors (Lipinski definition) is 2. The number of imidazole rings is 1. The number of benzene rings is 2. The fourth-order valence-corrected chi connectivity index (χ4v) is 10.8. The zero-order chi connectivity index (χ0) is 43.7. The van der Waals surface area contributed by atoms with Crippen molar-refractivity contribution in [1.82, 2.24) is 34.1 Å². The number of para-hydroxylation sites is 1. The van der Waals surface area contributed by atoms with Gasteiger partial charge in [0, 0.05) is 57.3 Å². The van der Waals surface area contributed by atoms with Crippen molar-refractivity contribution in [2.75, 3.05) is 55.0 Å². The number of morpholine rings is 1. The molecular formula is C45H51F3N10O5. The van der Waals surface area contributed by atoms with Crippen molar-refractivity contribution in [1.29, 1.82) is 0 Å². The summed E-state index contributed by atoms with van der Waals surface area (Å²) in [6, 6.07) is 13.1. The number of ether oxygens (including phenoxy) is 1. The van der Waals surface area contributed by atoms with E-state index in [2.05, 4.69) is 42.0 Å². The highest BCUT2D eigenvalue weighted by Gasteiger charge is 2.41. The largest absolute Gasteiger partial charge is 0.433 e. The molecule has 2 bridgehead atoms. The average Bonchev–Trinajstić information content (AvgIpc) is 4.07. The molecule has 18 heteroatoms. The SMILES string of the molecule is CN(CC1CCC(n2cc3cc(NC(=O)c4cccc(C(F)(F)F)n4)c(N4C[C@@H]5C[C@H]4CO5)cc3n2)CC1)C1CCN(c2cccc3c2n(C)c(=O)n3C2CCC(=O)NC2=O)CC1. The van der Waals surface area contributed by atoms with E-state index in [4.69, 9.17) is 9.84 Å². The summed E-state index contributed by atoms with van der Waals surface area (Å²) in [4.78, 5) is 62.1. The Morgan fingerprint density at radius 1 is 0.968 bits per heavy atom. The second kappa shape index (κ2) is 16.1. The minimum atomic E-state index is -4.67. The third-order valence-electron chi connectivity index (χ3n) is 14.1. The minimum Gasteiger partial charge on any atom is -0.374 e. The molecular weight excluding hydrogens is 818 g/mol. The number of anilines is 3. The maximum absolute atomic E-state index is 13.5. The van der Waals surface area contributed by atoms with E-state index < -0.39 is 29.7 Å². The van der Waals surface area contributed by atoms with Crippen LogP contribution in [0.3, 0.4) is 0 Å². The van der Waals surface area contributed by atoms with Crippen LogP contribution in [0.4, 0.5) is 30.2 Å². The van der Waals surface area contributed by atoms with E-state index in [1.165, 1.54) is 12.1 Å². The first-order valence-corrected chi connectivity index (χ1v) is 22.0. The van der Waals surface area contributed by atoms with Gasteiger partial charge in [0.2, 0.25) is 11.8 Å². The number of nitrogens with one attached hydrogen (secondary N) is 2. The highest BCUT2D eigenvalue weighted by atomic mass is 19.4. The average molecular weight is 869 g/mol. The number of amides is 3. The summed E-state index contributed by atoms with van der Waals surface area (Å²) in [7, 11) is 3.98. The number of aryl methyl sites for hydroxylation is 1. The maximum Gasteiger partial charge on any atom is 0.433 e. The summed E-state index contributed by atoms with van der Waals surface area (Å²) < 4.78 is 51.3. The molecule has 0 spiro atoms. The molecule has 7 heterocycles. The zero-order valence-corrected chi connectivity index (χ0v) is 35.3. The minimum absolute atomic E-state index is 0.0890. The lowest BCUT2D eigenvalue weighted by atomic mass is 9.85. The van der Waals surface area contributed by atoms with E-state index in [0.29, 0.717) is 42.7 Å². The molecule has 15 nitrogen and oxygen atoms in total. The van der Waals surface area contributed by atoms with Crippen molar-refractivity contribution in [3.63, 3.8) is 0 Å². The summed E-state index contributed by atoms with van der Waals surface area (Å²) in [5.41, 5.74) is 2.85. The number of carbonyl (C=O) groups is 3. The Morgan fingerprint density at radius 3 is 2.46 bits per heavy atom. The molecule has 3 atom stereocenters. The molecule has 2 aromatic carbocycles. The topological polar surface area (TPSA) is 152 Å². The number of carbonyl (C=O) groups excluding carboxylic acids is 3. The lowest BCUT2D eigenvalue weighted by molar-refractivity contribution is -0.141. The Morgan fingerprint density at radius 2 is 1.75 bits per heavy atom. The van der Waals surface area contributed by atoms with Crippen LogP contribution in [0.25, 0.3) is 21.9 Å². The number of nitrogens with zero attached hydrogens (tertiary/aromatic N) is 8. The number of hydrogen-bond acceptors (Lipinski definition) is 10. The smallest absolute Gasteiger partial charge is 0.374 e. The predicted octanol–water partition coefficient (Wildman–Crippen LogP) is 5.64. The van der Waals surface area contributed by atoms with Crippen molar-refractivity contribution >= 4 is 56.7 Å². The first-order valence-electron chi connectivity index (χ1n) is 22.0. The first-order chi connectivity index (χ1) is 30.3. The van der Waals surface area contributed by atoms with E-state index in [0.717, 1.165) is 98.4 Å². The van der Waals surface area contributed by atoms with Gasteiger partial charge in [0.25, 0.3) is 5.91 Å². The molecule has 1 saturated carbocycles. The van der Waals surface area contributed by atoms with E-state index in [1.807, 2.05) is 36.5 Å². The van der Waals surface area contributed by atoms with Crippen molar-refractivity contribution in [3.05, 3.63) is 76.6 Å². The molecule has 0 radical (unpaired) electrons. The van der Waals surface area contributed by atoms with E-state index in [9.17, 15) is 32.3 Å². The fraction of sp³-hybridized carbons (Fsp3) is 0.511. The summed E-state index contributed by atoms with van der Waals surface area (Å²) in [6.45, 7) is 3.91. The maximum atomic E-state index is 13.5. The van der Waals surface area contributed by atoms with Crippen LogP contribution in [-0.2, 0) is 27.5 Å². The lowest BCUT2D eigenvalue weighted by Crippen LogP contribution is -2.45. The number of halogens is 3. The van der Waals surface area contributed by atoms with Gasteiger partial charge in [-0.15, -0.1) is 0 Å². The zero-order valence-electron chi connectivity index (χ0n) is 35.3. The molecule has 3 aromatic heterocycles. The number of piperidine rings is 2. The first kappa shape index (κ1) is 41.3. The number of pyridine rings is 1. The Hall–Kier alpha value is -5.75. The predicted molar refractivity (Wildman–Crippen MR) is 230 cm³/mol. The molecule has 5 aliphatic rings. The molecule has 10 rings (SSSR count). The fourth-order valence-electron chi connectivity index (χ4n) is 10.8. The van der Waals surface area contributed by atoms with Crippen molar-refractivity contribution in [3.8, 4) is 0 Å². The van der Waals surface area contributed by atoms with Crippen LogP contribution in [0.15, 0.2) is 59.5 Å². The molecule has 4 saturated heterocycles. The van der Waals surface area contributed by atoms with E-state index >= 15 is 0 Å². The van der Waals surface area contributed by atoms with Crippen LogP contribution >= 0.6 is 0 Å². The van der Waals surface area contributed by atoms with Crippen molar-refractivity contribution in [2.24, 2.45) is 13.0 Å². The number of fused-ring (bicyclic) bond motifs is 4. The summed E-state index contributed by atoms with van der Waals surface area (Å²) in [5, 5.41) is 11.2. The van der Waals surface area contributed by atoms with Gasteiger partial charge >= 0.3 is 11.9 Å². The van der Waals surface area contributed by atoms with Gasteiger partial charge in [-0.25, -0.2) is 9.78 Å². The molecule has 3 amide bonds. The normalized spacial score (nSPS) is 24.6. The lowest BCUT2D eigenvalue weighted by Gasteiger charge is -2.40.